The summed E-state index contributed by atoms with van der Waals surface area (Å²) in [5.74, 6) is 0.731. The number of aldehydes is 1. The van der Waals surface area contributed by atoms with Crippen molar-refractivity contribution in [3.05, 3.63) is 30.3 Å². The molecule has 3 heteroatoms. The minimum absolute atomic E-state index is 0. The van der Waals surface area contributed by atoms with Crippen molar-refractivity contribution in [2.45, 2.75) is 0 Å². The van der Waals surface area contributed by atoms with Gasteiger partial charge >= 0.3 is 51.4 Å². The normalized spacial score (nSPS) is 8.00. The first-order valence-electron chi connectivity index (χ1n) is 3.05. The molecule has 0 spiro atoms. The Morgan fingerprint density at radius 2 is 2.00 bits per heavy atom. The molecule has 0 radical (unpaired) electrons. The monoisotopic (exact) mass is 176 g/mol. The summed E-state index contributed by atoms with van der Waals surface area (Å²) >= 11 is 0. The van der Waals surface area contributed by atoms with E-state index in [0.29, 0.717) is 0 Å². The molecule has 0 aliphatic heterocycles. The molecule has 0 N–H and O–H groups in total. The smallest absolute Gasteiger partial charge is 1.00 e. The molecule has 1 aromatic rings. The maximum Gasteiger partial charge on any atom is 1.00 e. The van der Waals surface area contributed by atoms with Crippen LogP contribution in [0.25, 0.3) is 0 Å². The van der Waals surface area contributed by atoms with Crippen molar-refractivity contribution in [2.24, 2.45) is 0 Å². The van der Waals surface area contributed by atoms with E-state index in [4.69, 9.17) is 4.74 Å². The van der Waals surface area contributed by atoms with Gasteiger partial charge in [0.15, 0.2) is 6.29 Å². The third-order valence-electron chi connectivity index (χ3n) is 1.06. The standard InChI is InChI=1S/C8H8O2.K.H/c9-6-7-10-8-4-2-1-3-5-8;;/h1-6H,7H2;;/q;+1;-1. The quantitative estimate of drug-likeness (QED) is 0.409. The summed E-state index contributed by atoms with van der Waals surface area (Å²) in [5, 5.41) is 0. The van der Waals surface area contributed by atoms with Crippen molar-refractivity contribution in [3.8, 4) is 5.75 Å². The van der Waals surface area contributed by atoms with Gasteiger partial charge in [-0.2, -0.15) is 0 Å². The van der Waals surface area contributed by atoms with Gasteiger partial charge in [-0.1, -0.05) is 18.2 Å². The van der Waals surface area contributed by atoms with E-state index < -0.39 is 0 Å². The Balaban J connectivity index is 0. The predicted octanol–water partition coefficient (Wildman–Crippen LogP) is -1.62. The maximum absolute atomic E-state index is 9.85. The van der Waals surface area contributed by atoms with Crippen molar-refractivity contribution in [1.82, 2.24) is 0 Å². The third kappa shape index (κ3) is 4.71. The number of rotatable bonds is 3. The van der Waals surface area contributed by atoms with Gasteiger partial charge in [0.25, 0.3) is 0 Å². The molecule has 0 bridgehead atoms. The molecule has 0 aromatic heterocycles. The molecule has 0 unspecified atom stereocenters. The average molecular weight is 176 g/mol. The fourth-order valence-corrected chi connectivity index (χ4v) is 0.647. The Bertz CT molecular complexity index is 203. The first-order valence-corrected chi connectivity index (χ1v) is 3.05. The van der Waals surface area contributed by atoms with E-state index in [2.05, 4.69) is 0 Å². The van der Waals surface area contributed by atoms with Crippen LogP contribution in [0.5, 0.6) is 5.75 Å². The van der Waals surface area contributed by atoms with E-state index in [1.807, 2.05) is 30.3 Å². The molecule has 0 aliphatic carbocycles. The number of carbonyl (C=O) groups is 1. The van der Waals surface area contributed by atoms with Gasteiger partial charge in [-0.25, -0.2) is 0 Å². The zero-order valence-corrected chi connectivity index (χ0v) is 9.61. The fraction of sp³-hybridized carbons (Fsp3) is 0.125. The molecule has 54 valence electrons. The second-order valence-electron chi connectivity index (χ2n) is 1.79. The van der Waals surface area contributed by atoms with Crippen molar-refractivity contribution in [3.63, 3.8) is 0 Å². The number of hydrogen-bond acceptors (Lipinski definition) is 2. The first-order chi connectivity index (χ1) is 4.93. The Morgan fingerprint density at radius 3 is 2.55 bits per heavy atom. The average Bonchev–Trinajstić information content (AvgIpc) is 2.03. The Labute approximate surface area is 110 Å². The summed E-state index contributed by atoms with van der Waals surface area (Å²) in [5.41, 5.74) is 0. The molecule has 0 atom stereocenters. The van der Waals surface area contributed by atoms with Crippen LogP contribution in [0.15, 0.2) is 30.3 Å². The van der Waals surface area contributed by atoms with Crippen LogP contribution in [0.2, 0.25) is 0 Å². The minimum atomic E-state index is 0. The molecule has 0 amide bonds. The Kier molecular flexibility index (Phi) is 7.21. The predicted molar refractivity (Wildman–Crippen MR) is 39.1 cm³/mol. The molecule has 1 rings (SSSR count). The van der Waals surface area contributed by atoms with Crippen molar-refractivity contribution in [1.29, 1.82) is 0 Å². The van der Waals surface area contributed by atoms with Gasteiger partial charge in [-0.15, -0.1) is 0 Å². The van der Waals surface area contributed by atoms with E-state index in [1.165, 1.54) is 0 Å². The second-order valence-corrected chi connectivity index (χ2v) is 1.79. The minimum Gasteiger partial charge on any atom is -1.00 e. The summed E-state index contributed by atoms with van der Waals surface area (Å²) in [6.07, 6.45) is 0.729. The topological polar surface area (TPSA) is 26.3 Å². The molecule has 1 aromatic carbocycles. The van der Waals surface area contributed by atoms with E-state index in [-0.39, 0.29) is 59.4 Å². The molecule has 0 saturated carbocycles. The fourth-order valence-electron chi connectivity index (χ4n) is 0.647. The van der Waals surface area contributed by atoms with Gasteiger partial charge < -0.3 is 6.16 Å². The number of hydrogen-bond donors (Lipinski definition) is 0. The van der Waals surface area contributed by atoms with E-state index >= 15 is 0 Å². The van der Waals surface area contributed by atoms with Crippen LogP contribution in [0.4, 0.5) is 0 Å². The van der Waals surface area contributed by atoms with Gasteiger partial charge in [0.2, 0.25) is 0 Å². The van der Waals surface area contributed by atoms with Crippen LogP contribution in [0.1, 0.15) is 1.43 Å². The van der Waals surface area contributed by atoms with Gasteiger partial charge in [0.05, 0.1) is 0 Å². The number of ether oxygens (including phenoxy) is 1. The Hall–Kier alpha value is 0.326. The summed E-state index contributed by atoms with van der Waals surface area (Å²) in [6, 6.07) is 9.24. The van der Waals surface area contributed by atoms with Crippen LogP contribution >= 0.6 is 0 Å². The molecule has 2 nitrogen and oxygen atoms in total. The van der Waals surface area contributed by atoms with Crippen LogP contribution in [-0.4, -0.2) is 12.9 Å². The van der Waals surface area contributed by atoms with Gasteiger partial charge in [-0.05, 0) is 12.1 Å². The van der Waals surface area contributed by atoms with E-state index in [1.54, 1.807) is 0 Å². The van der Waals surface area contributed by atoms with Crippen LogP contribution in [0, 0.1) is 0 Å². The SMILES string of the molecule is O=CCOc1ccccc1.[H-].[K+]. The van der Waals surface area contributed by atoms with Gasteiger partial charge in [-0.3, -0.25) is 4.79 Å². The zero-order chi connectivity index (χ0) is 7.23. The van der Waals surface area contributed by atoms with Crippen molar-refractivity contribution in [2.75, 3.05) is 6.61 Å². The van der Waals surface area contributed by atoms with E-state index in [9.17, 15) is 4.79 Å². The molecular formula is C8H9KO2. The zero-order valence-electron chi connectivity index (χ0n) is 7.49. The van der Waals surface area contributed by atoms with Gasteiger partial charge in [0.1, 0.15) is 12.4 Å². The second kappa shape index (κ2) is 7.00. The summed E-state index contributed by atoms with van der Waals surface area (Å²) in [4.78, 5) is 9.85. The molecule has 0 aliphatic rings. The maximum atomic E-state index is 9.85. The van der Waals surface area contributed by atoms with Crippen LogP contribution in [-0.2, 0) is 4.79 Å². The van der Waals surface area contributed by atoms with Gasteiger partial charge in [0, 0.05) is 0 Å². The number of benzene rings is 1. The first kappa shape index (κ1) is 11.3. The Morgan fingerprint density at radius 1 is 1.36 bits per heavy atom. The molecule has 0 saturated heterocycles. The van der Waals surface area contributed by atoms with Crippen LogP contribution < -0.4 is 56.1 Å². The number of para-hydroxylation sites is 1. The molecule has 0 heterocycles. The summed E-state index contributed by atoms with van der Waals surface area (Å²) in [6.45, 7) is 0.129. The summed E-state index contributed by atoms with van der Waals surface area (Å²) in [7, 11) is 0. The van der Waals surface area contributed by atoms with Crippen molar-refractivity contribution >= 4 is 6.29 Å². The van der Waals surface area contributed by atoms with E-state index in [0.717, 1.165) is 12.0 Å². The summed E-state index contributed by atoms with van der Waals surface area (Å²) < 4.78 is 4.99. The largest absolute Gasteiger partial charge is 1.00 e. The molecule has 11 heavy (non-hydrogen) atoms. The third-order valence-corrected chi connectivity index (χ3v) is 1.06. The molecule has 0 fully saturated rings. The molecular weight excluding hydrogens is 167 g/mol. The van der Waals surface area contributed by atoms with Crippen LogP contribution in [0.3, 0.4) is 0 Å². The number of carbonyl (C=O) groups excluding carboxylic acids is 1. The van der Waals surface area contributed by atoms with Crippen molar-refractivity contribution < 1.29 is 62.3 Å².